The van der Waals surface area contributed by atoms with Crippen LogP contribution in [0.4, 0.5) is 0 Å². The standard InChI is InChI=1S/C13H9ClOS/c14-13-7-6-12(16-13)5-4-10-2-1-3-11(8-10)9-15/h1-9H/b5-4+. The van der Waals surface area contributed by atoms with Crippen LogP contribution in [0, 0.1) is 0 Å². The molecule has 0 atom stereocenters. The fourth-order valence-electron chi connectivity index (χ4n) is 1.33. The van der Waals surface area contributed by atoms with Gasteiger partial charge in [-0.3, -0.25) is 4.79 Å². The van der Waals surface area contributed by atoms with Gasteiger partial charge < -0.3 is 0 Å². The zero-order valence-electron chi connectivity index (χ0n) is 8.39. The Kier molecular flexibility index (Phi) is 3.54. The van der Waals surface area contributed by atoms with Gasteiger partial charge in [0, 0.05) is 10.4 Å². The molecule has 16 heavy (non-hydrogen) atoms. The Labute approximate surface area is 103 Å². The molecule has 0 bridgehead atoms. The Hall–Kier alpha value is -1.38. The van der Waals surface area contributed by atoms with E-state index in [0.717, 1.165) is 21.1 Å². The third kappa shape index (κ3) is 2.81. The molecule has 2 rings (SSSR count). The van der Waals surface area contributed by atoms with Crippen LogP contribution in [0.1, 0.15) is 20.8 Å². The zero-order chi connectivity index (χ0) is 11.4. The SMILES string of the molecule is O=Cc1cccc(/C=C/c2ccc(Cl)s2)c1. The van der Waals surface area contributed by atoms with Crippen molar-refractivity contribution >= 4 is 41.4 Å². The fraction of sp³-hybridized carbons (Fsp3) is 0. The summed E-state index contributed by atoms with van der Waals surface area (Å²) in [4.78, 5) is 11.7. The van der Waals surface area contributed by atoms with E-state index in [1.54, 1.807) is 6.07 Å². The van der Waals surface area contributed by atoms with Crippen LogP contribution in [0.25, 0.3) is 12.2 Å². The molecule has 0 saturated carbocycles. The molecule has 0 aliphatic heterocycles. The van der Waals surface area contributed by atoms with Crippen molar-refractivity contribution in [2.24, 2.45) is 0 Å². The third-order valence-corrected chi connectivity index (χ3v) is 3.28. The molecule has 0 saturated heterocycles. The van der Waals surface area contributed by atoms with Gasteiger partial charge in [-0.1, -0.05) is 35.9 Å². The van der Waals surface area contributed by atoms with Crippen LogP contribution in [0.2, 0.25) is 4.34 Å². The molecule has 0 aliphatic carbocycles. The van der Waals surface area contributed by atoms with Gasteiger partial charge in [-0.15, -0.1) is 11.3 Å². The molecule has 0 unspecified atom stereocenters. The summed E-state index contributed by atoms with van der Waals surface area (Å²) in [6, 6.07) is 11.3. The molecule has 0 spiro atoms. The highest BCUT2D eigenvalue weighted by molar-refractivity contribution is 7.17. The normalized spacial score (nSPS) is 10.8. The van der Waals surface area contributed by atoms with Gasteiger partial charge in [0.25, 0.3) is 0 Å². The average molecular weight is 249 g/mol. The summed E-state index contributed by atoms with van der Waals surface area (Å²) in [6.45, 7) is 0. The van der Waals surface area contributed by atoms with E-state index in [0.29, 0.717) is 5.56 Å². The second-order valence-electron chi connectivity index (χ2n) is 3.26. The van der Waals surface area contributed by atoms with Crippen molar-refractivity contribution in [2.45, 2.75) is 0 Å². The minimum absolute atomic E-state index is 0.686. The molecule has 0 amide bonds. The van der Waals surface area contributed by atoms with Gasteiger partial charge in [-0.05, 0) is 29.8 Å². The van der Waals surface area contributed by atoms with E-state index in [2.05, 4.69) is 0 Å². The molecule has 1 nitrogen and oxygen atoms in total. The number of carbonyl (C=O) groups is 1. The fourth-order valence-corrected chi connectivity index (χ4v) is 2.30. The first-order chi connectivity index (χ1) is 7.78. The van der Waals surface area contributed by atoms with E-state index in [1.165, 1.54) is 11.3 Å². The summed E-state index contributed by atoms with van der Waals surface area (Å²) >= 11 is 7.35. The monoisotopic (exact) mass is 248 g/mol. The van der Waals surface area contributed by atoms with Crippen molar-refractivity contribution in [3.63, 3.8) is 0 Å². The van der Waals surface area contributed by atoms with Gasteiger partial charge in [0.15, 0.2) is 0 Å². The lowest BCUT2D eigenvalue weighted by Gasteiger charge is -1.93. The average Bonchev–Trinajstić information content (AvgIpc) is 2.73. The van der Waals surface area contributed by atoms with E-state index in [-0.39, 0.29) is 0 Å². The van der Waals surface area contributed by atoms with Gasteiger partial charge in [0.05, 0.1) is 4.34 Å². The number of rotatable bonds is 3. The number of hydrogen-bond acceptors (Lipinski definition) is 2. The molecule has 3 heteroatoms. The quantitative estimate of drug-likeness (QED) is 0.737. The molecule has 80 valence electrons. The summed E-state index contributed by atoms with van der Waals surface area (Å²) in [6.07, 6.45) is 4.80. The topological polar surface area (TPSA) is 17.1 Å². The van der Waals surface area contributed by atoms with Crippen molar-refractivity contribution in [1.29, 1.82) is 0 Å². The maximum absolute atomic E-state index is 10.6. The van der Waals surface area contributed by atoms with Gasteiger partial charge in [-0.25, -0.2) is 0 Å². The molecular weight excluding hydrogens is 240 g/mol. The summed E-state index contributed by atoms with van der Waals surface area (Å²) in [5.41, 5.74) is 1.69. The summed E-state index contributed by atoms with van der Waals surface area (Å²) < 4.78 is 0.779. The van der Waals surface area contributed by atoms with Crippen LogP contribution in [0.3, 0.4) is 0 Å². The number of thiophene rings is 1. The smallest absolute Gasteiger partial charge is 0.150 e. The van der Waals surface area contributed by atoms with E-state index < -0.39 is 0 Å². The van der Waals surface area contributed by atoms with Gasteiger partial charge in [0.2, 0.25) is 0 Å². The van der Waals surface area contributed by atoms with E-state index in [4.69, 9.17) is 11.6 Å². The first-order valence-corrected chi connectivity index (χ1v) is 5.96. The van der Waals surface area contributed by atoms with Crippen LogP contribution in [-0.4, -0.2) is 6.29 Å². The molecule has 2 aromatic rings. The van der Waals surface area contributed by atoms with Crippen molar-refractivity contribution in [3.05, 3.63) is 56.7 Å². The first-order valence-electron chi connectivity index (χ1n) is 4.76. The number of hydrogen-bond donors (Lipinski definition) is 0. The number of aldehydes is 1. The van der Waals surface area contributed by atoms with Crippen molar-refractivity contribution < 1.29 is 4.79 Å². The largest absolute Gasteiger partial charge is 0.298 e. The molecule has 0 radical (unpaired) electrons. The second kappa shape index (κ2) is 5.10. The molecular formula is C13H9ClOS. The van der Waals surface area contributed by atoms with Crippen LogP contribution in [-0.2, 0) is 0 Å². The highest BCUT2D eigenvalue weighted by Gasteiger charge is 1.94. The Morgan fingerprint density at radius 2 is 1.88 bits per heavy atom. The summed E-state index contributed by atoms with van der Waals surface area (Å²) in [5, 5.41) is 0. The van der Waals surface area contributed by atoms with Crippen LogP contribution < -0.4 is 0 Å². The van der Waals surface area contributed by atoms with Gasteiger partial charge >= 0.3 is 0 Å². The minimum atomic E-state index is 0.686. The summed E-state index contributed by atoms with van der Waals surface area (Å²) in [5.74, 6) is 0. The Balaban J connectivity index is 2.19. The first kappa shape index (κ1) is 11.1. The predicted octanol–water partition coefficient (Wildman–Crippen LogP) is 4.38. The van der Waals surface area contributed by atoms with Gasteiger partial charge in [-0.2, -0.15) is 0 Å². The number of halogens is 1. The lowest BCUT2D eigenvalue weighted by atomic mass is 10.1. The summed E-state index contributed by atoms with van der Waals surface area (Å²) in [7, 11) is 0. The lowest BCUT2D eigenvalue weighted by molar-refractivity contribution is 0.112. The van der Waals surface area contributed by atoms with Crippen LogP contribution in [0.5, 0.6) is 0 Å². The Morgan fingerprint density at radius 1 is 1.06 bits per heavy atom. The third-order valence-electron chi connectivity index (χ3n) is 2.08. The molecule has 1 aromatic heterocycles. The Morgan fingerprint density at radius 3 is 2.56 bits per heavy atom. The predicted molar refractivity (Wildman–Crippen MR) is 70.1 cm³/mol. The van der Waals surface area contributed by atoms with Crippen molar-refractivity contribution in [1.82, 2.24) is 0 Å². The highest BCUT2D eigenvalue weighted by atomic mass is 35.5. The minimum Gasteiger partial charge on any atom is -0.298 e. The van der Waals surface area contributed by atoms with Crippen LogP contribution >= 0.6 is 22.9 Å². The maximum atomic E-state index is 10.6. The zero-order valence-corrected chi connectivity index (χ0v) is 9.96. The van der Waals surface area contributed by atoms with E-state index in [1.807, 2.05) is 42.5 Å². The maximum Gasteiger partial charge on any atom is 0.150 e. The lowest BCUT2D eigenvalue weighted by Crippen LogP contribution is -1.79. The highest BCUT2D eigenvalue weighted by Crippen LogP contribution is 2.23. The van der Waals surface area contributed by atoms with E-state index in [9.17, 15) is 4.79 Å². The molecule has 0 fully saturated rings. The van der Waals surface area contributed by atoms with E-state index >= 15 is 0 Å². The number of benzene rings is 1. The van der Waals surface area contributed by atoms with Gasteiger partial charge in [0.1, 0.15) is 6.29 Å². The van der Waals surface area contributed by atoms with Crippen molar-refractivity contribution in [2.75, 3.05) is 0 Å². The van der Waals surface area contributed by atoms with Crippen LogP contribution in [0.15, 0.2) is 36.4 Å². The molecule has 1 aromatic carbocycles. The Bertz CT molecular complexity index is 528. The molecule has 1 heterocycles. The number of carbonyl (C=O) groups excluding carboxylic acids is 1. The second-order valence-corrected chi connectivity index (χ2v) is 5.01. The molecule has 0 N–H and O–H groups in total. The molecule has 0 aliphatic rings. The van der Waals surface area contributed by atoms with Crippen molar-refractivity contribution in [3.8, 4) is 0 Å².